The molecule has 158 valence electrons. The normalized spacial score (nSPS) is 13.2. The minimum absolute atomic E-state index is 0.0106. The van der Waals surface area contributed by atoms with Crippen molar-refractivity contribution in [3.8, 4) is 11.1 Å². The zero-order chi connectivity index (χ0) is 22.0. The molecule has 0 radical (unpaired) electrons. The van der Waals surface area contributed by atoms with Gasteiger partial charge in [0.1, 0.15) is 12.6 Å². The van der Waals surface area contributed by atoms with E-state index in [1.807, 2.05) is 48.5 Å². The summed E-state index contributed by atoms with van der Waals surface area (Å²) in [5, 5.41) is 9.60. The van der Waals surface area contributed by atoms with Gasteiger partial charge in [-0.15, -0.1) is 0 Å². The number of hydrogen-bond acceptors (Lipinski definition) is 4. The molecule has 0 spiro atoms. The van der Waals surface area contributed by atoms with Crippen molar-refractivity contribution in [1.29, 1.82) is 0 Å². The van der Waals surface area contributed by atoms with Gasteiger partial charge in [-0.1, -0.05) is 54.6 Å². The number of hydrogen-bond donors (Lipinski definition) is 1. The molecule has 1 aliphatic rings. The summed E-state index contributed by atoms with van der Waals surface area (Å²) < 4.78 is 18.6. The van der Waals surface area contributed by atoms with E-state index in [0.29, 0.717) is 5.56 Å². The molecule has 0 aliphatic heterocycles. The summed E-state index contributed by atoms with van der Waals surface area (Å²) >= 11 is 0. The number of carbonyl (C=O) groups is 2. The summed E-state index contributed by atoms with van der Waals surface area (Å²) in [5.74, 6) is -1.95. The lowest BCUT2D eigenvalue weighted by Crippen LogP contribution is -2.44. The fraction of sp³-hybridized carbons (Fsp3) is 0.208. The Bertz CT molecular complexity index is 1070. The Morgan fingerprint density at radius 1 is 1.06 bits per heavy atom. The van der Waals surface area contributed by atoms with Gasteiger partial charge in [0.15, 0.2) is 0 Å². The van der Waals surface area contributed by atoms with Gasteiger partial charge in [0.25, 0.3) is 0 Å². The van der Waals surface area contributed by atoms with E-state index in [4.69, 9.17) is 4.74 Å². The highest BCUT2D eigenvalue weighted by molar-refractivity contribution is 5.81. The van der Waals surface area contributed by atoms with E-state index in [9.17, 15) is 19.1 Å². The fourth-order valence-corrected chi connectivity index (χ4v) is 3.96. The average Bonchev–Trinajstić information content (AvgIpc) is 3.10. The number of carboxylic acids is 1. The van der Waals surface area contributed by atoms with Crippen LogP contribution >= 0.6 is 0 Å². The minimum atomic E-state index is -1.18. The zero-order valence-electron chi connectivity index (χ0n) is 16.9. The summed E-state index contributed by atoms with van der Waals surface area (Å²) in [6, 6.07) is 17.4. The lowest BCUT2D eigenvalue weighted by atomic mass is 9.98. The summed E-state index contributed by atoms with van der Waals surface area (Å²) in [7, 11) is 1.38. The van der Waals surface area contributed by atoms with Gasteiger partial charge >= 0.3 is 12.1 Å². The van der Waals surface area contributed by atoms with Crippen LogP contribution in [-0.2, 0) is 16.0 Å². The summed E-state index contributed by atoms with van der Waals surface area (Å²) in [4.78, 5) is 29.0. The molecule has 3 aromatic rings. The van der Waals surface area contributed by atoms with Crippen molar-refractivity contribution in [2.24, 2.45) is 0 Å². The number of fused-ring (bicyclic) bond motifs is 3. The molecule has 4 rings (SSSR count). The molecule has 1 aromatic heterocycles. The smallest absolute Gasteiger partial charge is 0.410 e. The molecule has 0 fully saturated rings. The molecule has 1 amide bonds. The van der Waals surface area contributed by atoms with Crippen LogP contribution in [0.4, 0.5) is 9.18 Å². The standard InChI is InChI=1S/C24H21FN2O4/c1-27(21(23(28)29)12-15-10-11-22(25)26-13-15)24(30)31-14-20-18-8-4-2-6-16(18)17-7-3-5-9-19(17)20/h2-11,13,20-21H,12,14H2,1H3,(H,28,29)/t21-/m0/s1. The van der Waals surface area contributed by atoms with Crippen LogP contribution < -0.4 is 0 Å². The van der Waals surface area contributed by atoms with E-state index in [-0.39, 0.29) is 18.9 Å². The Labute approximate surface area is 178 Å². The second-order valence-corrected chi connectivity index (χ2v) is 7.46. The number of carbonyl (C=O) groups excluding carboxylic acids is 1. The summed E-state index contributed by atoms with van der Waals surface area (Å²) in [6.07, 6.45) is 0.518. The minimum Gasteiger partial charge on any atom is -0.480 e. The third-order valence-corrected chi connectivity index (χ3v) is 5.59. The van der Waals surface area contributed by atoms with E-state index in [0.717, 1.165) is 33.2 Å². The van der Waals surface area contributed by atoms with E-state index < -0.39 is 24.1 Å². The van der Waals surface area contributed by atoms with Crippen LogP contribution in [0.2, 0.25) is 0 Å². The number of aliphatic carboxylic acids is 1. The molecule has 1 heterocycles. The maximum atomic E-state index is 13.0. The molecule has 2 aromatic carbocycles. The van der Waals surface area contributed by atoms with Gasteiger partial charge in [0.2, 0.25) is 5.95 Å². The van der Waals surface area contributed by atoms with Crippen molar-refractivity contribution in [3.63, 3.8) is 0 Å². The van der Waals surface area contributed by atoms with Gasteiger partial charge in [-0.25, -0.2) is 14.6 Å². The largest absolute Gasteiger partial charge is 0.480 e. The third-order valence-electron chi connectivity index (χ3n) is 5.59. The van der Waals surface area contributed by atoms with Gasteiger partial charge in [0.05, 0.1) is 0 Å². The number of rotatable bonds is 6. The van der Waals surface area contributed by atoms with Crippen LogP contribution in [0, 0.1) is 5.95 Å². The molecule has 0 saturated heterocycles. The molecule has 1 atom stereocenters. The zero-order valence-corrected chi connectivity index (χ0v) is 16.9. The Morgan fingerprint density at radius 3 is 2.23 bits per heavy atom. The molecule has 6 nitrogen and oxygen atoms in total. The molecular formula is C24H21FN2O4. The van der Waals surface area contributed by atoms with Crippen molar-refractivity contribution in [2.45, 2.75) is 18.4 Å². The number of benzene rings is 2. The predicted molar refractivity (Wildman–Crippen MR) is 112 cm³/mol. The van der Waals surface area contributed by atoms with Gasteiger partial charge in [-0.2, -0.15) is 4.39 Å². The number of ether oxygens (including phenoxy) is 1. The van der Waals surface area contributed by atoms with Crippen LogP contribution in [0.25, 0.3) is 11.1 Å². The Balaban J connectivity index is 1.47. The number of pyridine rings is 1. The van der Waals surface area contributed by atoms with Crippen LogP contribution in [0.1, 0.15) is 22.6 Å². The number of halogens is 1. The first-order chi connectivity index (χ1) is 15.0. The van der Waals surface area contributed by atoms with Gasteiger partial charge in [0, 0.05) is 25.6 Å². The molecule has 7 heteroatoms. The number of aromatic nitrogens is 1. The molecule has 0 bridgehead atoms. The van der Waals surface area contributed by atoms with Gasteiger partial charge in [-0.05, 0) is 33.9 Å². The SMILES string of the molecule is CN(C(=O)OCC1c2ccccc2-c2ccccc21)[C@@H](Cc1ccc(F)nc1)C(=O)O. The van der Waals surface area contributed by atoms with Crippen molar-refractivity contribution in [2.75, 3.05) is 13.7 Å². The number of carboxylic acid groups (broad SMARTS) is 1. The maximum absolute atomic E-state index is 13.0. The second kappa shape index (κ2) is 8.55. The molecule has 0 saturated carbocycles. The molecule has 1 N–H and O–H groups in total. The topological polar surface area (TPSA) is 79.7 Å². The average molecular weight is 420 g/mol. The predicted octanol–water partition coefficient (Wildman–Crippen LogP) is 4.10. The first kappa shape index (κ1) is 20.5. The highest BCUT2D eigenvalue weighted by atomic mass is 19.1. The van der Waals surface area contributed by atoms with Crippen molar-refractivity contribution in [3.05, 3.63) is 89.5 Å². The summed E-state index contributed by atoms with van der Waals surface area (Å²) in [6.45, 7) is 0.0989. The first-order valence-corrected chi connectivity index (χ1v) is 9.86. The fourth-order valence-electron chi connectivity index (χ4n) is 3.96. The van der Waals surface area contributed by atoms with Crippen LogP contribution in [-0.4, -0.2) is 46.7 Å². The van der Waals surface area contributed by atoms with Crippen LogP contribution in [0.3, 0.4) is 0 Å². The van der Waals surface area contributed by atoms with Crippen LogP contribution in [0.5, 0.6) is 0 Å². The molecule has 0 unspecified atom stereocenters. The van der Waals surface area contributed by atoms with Gasteiger partial charge in [-0.3, -0.25) is 4.90 Å². The summed E-state index contributed by atoms with van der Waals surface area (Å²) in [5.41, 5.74) is 4.88. The van der Waals surface area contributed by atoms with E-state index in [2.05, 4.69) is 4.98 Å². The van der Waals surface area contributed by atoms with Crippen molar-refractivity contribution < 1.29 is 23.8 Å². The van der Waals surface area contributed by atoms with Crippen molar-refractivity contribution >= 4 is 12.1 Å². The number of likely N-dealkylation sites (N-methyl/N-ethyl adjacent to an activating group) is 1. The quantitative estimate of drug-likeness (QED) is 0.608. The van der Waals surface area contributed by atoms with Gasteiger partial charge < -0.3 is 9.84 Å². The maximum Gasteiger partial charge on any atom is 0.410 e. The Hall–Kier alpha value is -3.74. The lowest BCUT2D eigenvalue weighted by molar-refractivity contribution is -0.142. The number of nitrogens with zero attached hydrogens (tertiary/aromatic N) is 2. The third kappa shape index (κ3) is 4.12. The number of amides is 1. The molecule has 31 heavy (non-hydrogen) atoms. The van der Waals surface area contributed by atoms with E-state index >= 15 is 0 Å². The van der Waals surface area contributed by atoms with E-state index in [1.165, 1.54) is 19.3 Å². The second-order valence-electron chi connectivity index (χ2n) is 7.46. The highest BCUT2D eigenvalue weighted by Gasteiger charge is 2.32. The first-order valence-electron chi connectivity index (χ1n) is 9.86. The van der Waals surface area contributed by atoms with Crippen molar-refractivity contribution in [1.82, 2.24) is 9.88 Å². The molecule has 1 aliphatic carbocycles. The lowest BCUT2D eigenvalue weighted by Gasteiger charge is -2.25. The Kier molecular flexibility index (Phi) is 5.66. The van der Waals surface area contributed by atoms with Crippen LogP contribution in [0.15, 0.2) is 66.9 Å². The van der Waals surface area contributed by atoms with E-state index in [1.54, 1.807) is 0 Å². The molecular weight excluding hydrogens is 399 g/mol. The Morgan fingerprint density at radius 2 is 1.68 bits per heavy atom. The monoisotopic (exact) mass is 420 g/mol. The highest BCUT2D eigenvalue weighted by Crippen LogP contribution is 2.44.